The topological polar surface area (TPSA) is 71.3 Å². The van der Waals surface area contributed by atoms with Gasteiger partial charge in [0.05, 0.1) is 12.2 Å². The Morgan fingerprint density at radius 3 is 2.63 bits per heavy atom. The van der Waals surface area contributed by atoms with Crippen LogP contribution in [0.15, 0.2) is 58.0 Å². The summed E-state index contributed by atoms with van der Waals surface area (Å²) in [7, 11) is 0. The van der Waals surface area contributed by atoms with E-state index >= 15 is 0 Å². The number of rotatable bonds is 5. The smallest absolute Gasteiger partial charge is 0.258 e. The zero-order valence-corrected chi connectivity index (χ0v) is 19.4. The molecule has 0 radical (unpaired) electrons. The summed E-state index contributed by atoms with van der Waals surface area (Å²) in [6.07, 6.45) is 0. The van der Waals surface area contributed by atoms with Crippen molar-refractivity contribution in [3.8, 4) is 0 Å². The van der Waals surface area contributed by atoms with Gasteiger partial charge in [0.25, 0.3) is 5.91 Å². The molecule has 2 N–H and O–H groups in total. The number of amides is 1. The highest BCUT2D eigenvalue weighted by atomic mass is 79.9. The Bertz CT molecular complexity index is 1090. The SMILES string of the molecule is CCn1nc(C)c(CN=C(NC(=O)c2cccc(Cl)c2)Nc2cccc(Br)c2)c1C. The molecule has 0 saturated heterocycles. The lowest BCUT2D eigenvalue weighted by Gasteiger charge is -2.12. The number of hydrogen-bond acceptors (Lipinski definition) is 3. The molecule has 0 aliphatic rings. The molecule has 0 unspecified atom stereocenters. The summed E-state index contributed by atoms with van der Waals surface area (Å²) in [5.41, 5.74) is 4.30. The van der Waals surface area contributed by atoms with Crippen LogP contribution >= 0.6 is 27.5 Å². The van der Waals surface area contributed by atoms with E-state index in [1.165, 1.54) is 0 Å². The van der Waals surface area contributed by atoms with Gasteiger partial charge in [0.1, 0.15) is 0 Å². The molecular formula is C22H23BrClN5O. The standard InChI is InChI=1S/C22H23BrClN5O/c1-4-29-15(3)20(14(2)28-29)13-25-22(26-19-10-6-8-17(23)12-19)27-21(30)16-7-5-9-18(24)11-16/h5-12H,4,13H2,1-3H3,(H2,25,26,27,30). The third-order valence-corrected chi connectivity index (χ3v) is 5.36. The van der Waals surface area contributed by atoms with Crippen LogP contribution < -0.4 is 10.6 Å². The number of aryl methyl sites for hydroxylation is 2. The van der Waals surface area contributed by atoms with Crippen molar-refractivity contribution in [1.29, 1.82) is 0 Å². The van der Waals surface area contributed by atoms with Gasteiger partial charge in [-0.15, -0.1) is 0 Å². The van der Waals surface area contributed by atoms with Crippen molar-refractivity contribution in [2.24, 2.45) is 4.99 Å². The summed E-state index contributed by atoms with van der Waals surface area (Å²) in [6, 6.07) is 14.4. The summed E-state index contributed by atoms with van der Waals surface area (Å²) in [5, 5.41) is 11.1. The number of hydrogen-bond donors (Lipinski definition) is 2. The van der Waals surface area contributed by atoms with Gasteiger partial charge in [-0.25, -0.2) is 4.99 Å². The second-order valence-electron chi connectivity index (χ2n) is 6.73. The average Bonchev–Trinajstić information content (AvgIpc) is 2.99. The number of carbonyl (C=O) groups excluding carboxylic acids is 1. The third kappa shape index (κ3) is 5.49. The third-order valence-electron chi connectivity index (χ3n) is 4.63. The molecular weight excluding hydrogens is 466 g/mol. The summed E-state index contributed by atoms with van der Waals surface area (Å²) < 4.78 is 2.87. The molecule has 1 aromatic heterocycles. The number of carbonyl (C=O) groups is 1. The first kappa shape index (κ1) is 22.1. The molecule has 0 bridgehead atoms. The number of benzene rings is 2. The maximum atomic E-state index is 12.7. The van der Waals surface area contributed by atoms with E-state index < -0.39 is 0 Å². The molecule has 156 valence electrons. The fourth-order valence-electron chi connectivity index (χ4n) is 3.05. The van der Waals surface area contributed by atoms with Crippen LogP contribution in [0.2, 0.25) is 5.02 Å². The van der Waals surface area contributed by atoms with Gasteiger partial charge in [0, 0.05) is 38.5 Å². The fraction of sp³-hybridized carbons (Fsp3) is 0.227. The van der Waals surface area contributed by atoms with Crippen molar-refractivity contribution in [3.05, 3.63) is 80.5 Å². The molecule has 3 rings (SSSR count). The lowest BCUT2D eigenvalue weighted by atomic mass is 10.2. The first-order valence-corrected chi connectivity index (χ1v) is 10.7. The van der Waals surface area contributed by atoms with Gasteiger partial charge < -0.3 is 5.32 Å². The minimum atomic E-state index is -0.295. The second kappa shape index (κ2) is 9.91. The van der Waals surface area contributed by atoms with Crippen LogP contribution in [0.5, 0.6) is 0 Å². The van der Waals surface area contributed by atoms with E-state index in [0.717, 1.165) is 33.7 Å². The molecule has 3 aromatic rings. The molecule has 0 spiro atoms. The van der Waals surface area contributed by atoms with Crippen molar-refractivity contribution in [1.82, 2.24) is 15.1 Å². The summed E-state index contributed by atoms with van der Waals surface area (Å²) >= 11 is 9.48. The van der Waals surface area contributed by atoms with Crippen LogP contribution in [0.1, 0.15) is 34.2 Å². The average molecular weight is 489 g/mol. The largest absolute Gasteiger partial charge is 0.326 e. The van der Waals surface area contributed by atoms with E-state index in [1.54, 1.807) is 24.3 Å². The van der Waals surface area contributed by atoms with Gasteiger partial charge in [0.2, 0.25) is 5.96 Å². The van der Waals surface area contributed by atoms with Crippen LogP contribution in [-0.2, 0) is 13.1 Å². The number of nitrogens with one attached hydrogen (secondary N) is 2. The van der Waals surface area contributed by atoms with E-state index in [9.17, 15) is 4.79 Å². The van der Waals surface area contributed by atoms with Crippen molar-refractivity contribution in [2.45, 2.75) is 33.9 Å². The second-order valence-corrected chi connectivity index (χ2v) is 8.08. The van der Waals surface area contributed by atoms with Crippen LogP contribution in [0.4, 0.5) is 5.69 Å². The predicted octanol–water partition coefficient (Wildman–Crippen LogP) is 5.33. The van der Waals surface area contributed by atoms with E-state index in [1.807, 2.05) is 42.8 Å². The molecule has 0 aliphatic carbocycles. The molecule has 0 aliphatic heterocycles. The maximum absolute atomic E-state index is 12.7. The summed E-state index contributed by atoms with van der Waals surface area (Å²) in [5.74, 6) is 0.0533. The van der Waals surface area contributed by atoms with Gasteiger partial charge in [-0.3, -0.25) is 14.8 Å². The highest BCUT2D eigenvalue weighted by Gasteiger charge is 2.13. The first-order chi connectivity index (χ1) is 14.4. The summed E-state index contributed by atoms with van der Waals surface area (Å²) in [6.45, 7) is 7.24. The Kier molecular flexibility index (Phi) is 7.29. The highest BCUT2D eigenvalue weighted by molar-refractivity contribution is 9.10. The number of anilines is 1. The molecule has 0 saturated carbocycles. The lowest BCUT2D eigenvalue weighted by molar-refractivity contribution is 0.0977. The molecule has 2 aromatic carbocycles. The Morgan fingerprint density at radius 2 is 1.97 bits per heavy atom. The summed E-state index contributed by atoms with van der Waals surface area (Å²) in [4.78, 5) is 17.4. The number of nitrogens with zero attached hydrogens (tertiary/aromatic N) is 3. The number of aliphatic imine (C=N–C) groups is 1. The normalized spacial score (nSPS) is 11.4. The zero-order valence-electron chi connectivity index (χ0n) is 17.0. The van der Waals surface area contributed by atoms with Gasteiger partial charge in [-0.1, -0.05) is 39.7 Å². The predicted molar refractivity (Wildman–Crippen MR) is 125 cm³/mol. The highest BCUT2D eigenvalue weighted by Crippen LogP contribution is 2.17. The molecule has 1 heterocycles. The van der Waals surface area contributed by atoms with Crippen molar-refractivity contribution < 1.29 is 4.79 Å². The zero-order chi connectivity index (χ0) is 21.7. The van der Waals surface area contributed by atoms with E-state index in [0.29, 0.717) is 23.1 Å². The van der Waals surface area contributed by atoms with Gasteiger partial charge >= 0.3 is 0 Å². The van der Waals surface area contributed by atoms with Crippen molar-refractivity contribution in [2.75, 3.05) is 5.32 Å². The molecule has 30 heavy (non-hydrogen) atoms. The Hall–Kier alpha value is -2.64. The molecule has 1 amide bonds. The quantitative estimate of drug-likeness (QED) is 0.376. The van der Waals surface area contributed by atoms with Gasteiger partial charge in [-0.05, 0) is 57.2 Å². The minimum Gasteiger partial charge on any atom is -0.326 e. The van der Waals surface area contributed by atoms with Crippen LogP contribution in [0.3, 0.4) is 0 Å². The minimum absolute atomic E-state index is 0.295. The monoisotopic (exact) mass is 487 g/mol. The number of guanidine groups is 1. The Morgan fingerprint density at radius 1 is 1.20 bits per heavy atom. The molecule has 6 nitrogen and oxygen atoms in total. The van der Waals surface area contributed by atoms with Gasteiger partial charge in [-0.2, -0.15) is 5.10 Å². The number of halogens is 2. The maximum Gasteiger partial charge on any atom is 0.258 e. The Labute approximate surface area is 189 Å². The lowest BCUT2D eigenvalue weighted by Crippen LogP contribution is -2.36. The van der Waals surface area contributed by atoms with E-state index in [4.69, 9.17) is 11.6 Å². The van der Waals surface area contributed by atoms with Crippen molar-refractivity contribution >= 4 is 45.1 Å². The fourth-order valence-corrected chi connectivity index (χ4v) is 3.64. The Balaban J connectivity index is 1.87. The van der Waals surface area contributed by atoms with Gasteiger partial charge in [0.15, 0.2) is 0 Å². The molecule has 0 atom stereocenters. The van der Waals surface area contributed by atoms with Crippen LogP contribution in [-0.4, -0.2) is 21.6 Å². The van der Waals surface area contributed by atoms with Crippen molar-refractivity contribution in [3.63, 3.8) is 0 Å². The van der Waals surface area contributed by atoms with E-state index in [-0.39, 0.29) is 5.91 Å². The van der Waals surface area contributed by atoms with E-state index in [2.05, 4.69) is 43.6 Å². The molecule has 8 heteroatoms. The van der Waals surface area contributed by atoms with Crippen LogP contribution in [0, 0.1) is 13.8 Å². The first-order valence-electron chi connectivity index (χ1n) is 9.54. The number of aromatic nitrogens is 2. The van der Waals surface area contributed by atoms with Crippen LogP contribution in [0.25, 0.3) is 0 Å². The molecule has 0 fully saturated rings.